The average Bonchev–Trinajstić information content (AvgIpc) is 2.95. The zero-order chi connectivity index (χ0) is 29.6. The molecule has 4 rings (SSSR count). The minimum absolute atomic E-state index is 0.331. The van der Waals surface area contributed by atoms with Crippen molar-refractivity contribution in [2.75, 3.05) is 17.2 Å². The highest BCUT2D eigenvalue weighted by Crippen LogP contribution is 2.49. The summed E-state index contributed by atoms with van der Waals surface area (Å²) in [6, 6.07) is 22.1. The lowest BCUT2D eigenvalue weighted by molar-refractivity contribution is -0.150. The summed E-state index contributed by atoms with van der Waals surface area (Å²) in [4.78, 5) is 41.9. The van der Waals surface area contributed by atoms with Gasteiger partial charge in [-0.05, 0) is 61.1 Å². The van der Waals surface area contributed by atoms with Crippen molar-refractivity contribution in [1.29, 1.82) is 0 Å². The number of aliphatic hydroxyl groups is 1. The molecule has 41 heavy (non-hydrogen) atoms. The fourth-order valence-electron chi connectivity index (χ4n) is 5.89. The minimum Gasteiger partial charge on any atom is -0.493 e. The van der Waals surface area contributed by atoms with Gasteiger partial charge in [-0.15, -0.1) is 0 Å². The van der Waals surface area contributed by atoms with Gasteiger partial charge >= 0.3 is 0 Å². The first-order chi connectivity index (χ1) is 19.7. The maximum atomic E-state index is 14.1. The van der Waals surface area contributed by atoms with Crippen LogP contribution in [0.3, 0.4) is 0 Å². The second kappa shape index (κ2) is 13.1. The molecule has 3 N–H and O–H groups in total. The summed E-state index contributed by atoms with van der Waals surface area (Å²) in [6.07, 6.45) is 1.82. The number of nitrogens with one attached hydrogen (secondary N) is 2. The number of ether oxygens (including phenoxy) is 1. The Morgan fingerprint density at radius 1 is 0.854 bits per heavy atom. The molecule has 0 radical (unpaired) electrons. The summed E-state index contributed by atoms with van der Waals surface area (Å²) in [7, 11) is 0. The van der Waals surface area contributed by atoms with Gasteiger partial charge in [-0.1, -0.05) is 75.4 Å². The lowest BCUT2D eigenvalue weighted by Gasteiger charge is -2.44. The van der Waals surface area contributed by atoms with Gasteiger partial charge in [-0.3, -0.25) is 14.4 Å². The molecule has 4 atom stereocenters. The topological polar surface area (TPSA) is 105 Å². The van der Waals surface area contributed by atoms with Crippen LogP contribution in [0.5, 0.6) is 5.75 Å². The van der Waals surface area contributed by atoms with Crippen molar-refractivity contribution in [1.82, 2.24) is 0 Å². The lowest BCUT2D eigenvalue weighted by Crippen LogP contribution is -2.56. The molecule has 216 valence electrons. The molecule has 1 aliphatic rings. The quantitative estimate of drug-likeness (QED) is 0.269. The Kier molecular flexibility index (Phi) is 9.61. The number of ketones is 1. The third kappa shape index (κ3) is 6.51. The van der Waals surface area contributed by atoms with E-state index in [9.17, 15) is 19.5 Å². The number of carbonyl (C=O) groups excluding carboxylic acids is 3. The van der Waals surface area contributed by atoms with Crippen molar-refractivity contribution in [3.63, 3.8) is 0 Å². The molecule has 0 saturated heterocycles. The Balaban J connectivity index is 1.83. The standard InChI is InChI=1S/C34H40N2O5/c1-5-20-41-28-19-13-10-16-24(28)29-30(32(38)35-25-17-11-8-14-22(25)6-2)27(37)21-34(4,40)31(29)33(39)36-26-18-12-9-15-23(26)7-3/h8-19,29-31,40H,5-7,20-21H2,1-4H3,(H,35,38)(H,36,39). The molecule has 0 spiro atoms. The Labute approximate surface area is 242 Å². The number of aryl methyl sites for hydroxylation is 2. The average molecular weight is 557 g/mol. The van der Waals surface area contributed by atoms with Crippen LogP contribution in [0, 0.1) is 11.8 Å². The van der Waals surface area contributed by atoms with Crippen LogP contribution in [-0.4, -0.2) is 34.9 Å². The van der Waals surface area contributed by atoms with Gasteiger partial charge in [0.25, 0.3) is 0 Å². The summed E-state index contributed by atoms with van der Waals surface area (Å²) in [5.74, 6) is -4.20. The van der Waals surface area contributed by atoms with Gasteiger partial charge in [0.2, 0.25) is 11.8 Å². The summed E-state index contributed by atoms with van der Waals surface area (Å²) in [6.45, 7) is 7.91. The fraction of sp³-hybridized carbons (Fsp3) is 0.382. The van der Waals surface area contributed by atoms with Crippen LogP contribution in [0.1, 0.15) is 63.1 Å². The smallest absolute Gasteiger partial charge is 0.235 e. The molecule has 0 aromatic heterocycles. The van der Waals surface area contributed by atoms with E-state index in [2.05, 4.69) is 10.6 Å². The monoisotopic (exact) mass is 556 g/mol. The lowest BCUT2D eigenvalue weighted by atomic mass is 9.61. The maximum Gasteiger partial charge on any atom is 0.235 e. The molecule has 0 heterocycles. The highest BCUT2D eigenvalue weighted by Gasteiger charge is 2.56. The summed E-state index contributed by atoms with van der Waals surface area (Å²) >= 11 is 0. The van der Waals surface area contributed by atoms with Gasteiger partial charge < -0.3 is 20.5 Å². The summed E-state index contributed by atoms with van der Waals surface area (Å²) in [5.41, 5.74) is 1.98. The van der Waals surface area contributed by atoms with Gasteiger partial charge in [0.15, 0.2) is 0 Å². The SMILES string of the molecule is CCCOc1ccccc1C1C(C(=O)Nc2ccccc2CC)C(=O)CC(C)(O)C1C(=O)Nc1ccccc1CC. The van der Waals surface area contributed by atoms with Crippen LogP contribution in [0.15, 0.2) is 72.8 Å². The van der Waals surface area contributed by atoms with Crippen molar-refractivity contribution in [3.05, 3.63) is 89.5 Å². The van der Waals surface area contributed by atoms with E-state index in [4.69, 9.17) is 4.74 Å². The van der Waals surface area contributed by atoms with Gasteiger partial charge in [-0.25, -0.2) is 0 Å². The molecule has 1 aliphatic carbocycles. The predicted molar refractivity (Wildman–Crippen MR) is 161 cm³/mol. The number of para-hydroxylation sites is 3. The van der Waals surface area contributed by atoms with E-state index >= 15 is 0 Å². The number of benzene rings is 3. The van der Waals surface area contributed by atoms with E-state index in [-0.39, 0.29) is 6.42 Å². The van der Waals surface area contributed by atoms with Crippen molar-refractivity contribution >= 4 is 29.0 Å². The largest absolute Gasteiger partial charge is 0.493 e. The van der Waals surface area contributed by atoms with Crippen LogP contribution in [0.2, 0.25) is 0 Å². The predicted octanol–water partition coefficient (Wildman–Crippen LogP) is 5.92. The first-order valence-corrected chi connectivity index (χ1v) is 14.5. The zero-order valence-electron chi connectivity index (χ0n) is 24.3. The Hall–Kier alpha value is -3.97. The van der Waals surface area contributed by atoms with E-state index in [1.54, 1.807) is 24.3 Å². The molecule has 4 unspecified atom stereocenters. The van der Waals surface area contributed by atoms with Crippen LogP contribution in [0.4, 0.5) is 11.4 Å². The van der Waals surface area contributed by atoms with Crippen LogP contribution in [0.25, 0.3) is 0 Å². The van der Waals surface area contributed by atoms with Crippen molar-refractivity contribution < 1.29 is 24.2 Å². The van der Waals surface area contributed by atoms with Crippen LogP contribution < -0.4 is 15.4 Å². The summed E-state index contributed by atoms with van der Waals surface area (Å²) in [5, 5.41) is 17.7. The van der Waals surface area contributed by atoms with Crippen molar-refractivity contribution in [3.8, 4) is 5.75 Å². The molecule has 3 aromatic rings. The molecular formula is C34H40N2O5. The molecule has 7 heteroatoms. The number of carbonyl (C=O) groups is 3. The Morgan fingerprint density at radius 3 is 1.98 bits per heavy atom. The van der Waals surface area contributed by atoms with E-state index in [0.29, 0.717) is 42.1 Å². The zero-order valence-corrected chi connectivity index (χ0v) is 24.3. The number of amides is 2. The van der Waals surface area contributed by atoms with E-state index in [1.807, 2.05) is 69.3 Å². The van der Waals surface area contributed by atoms with Crippen LogP contribution >= 0.6 is 0 Å². The molecule has 7 nitrogen and oxygen atoms in total. The van der Waals surface area contributed by atoms with Gasteiger partial charge in [0.05, 0.1) is 18.1 Å². The van der Waals surface area contributed by atoms with Gasteiger partial charge in [-0.2, -0.15) is 0 Å². The number of hydrogen-bond donors (Lipinski definition) is 3. The minimum atomic E-state index is -1.71. The first-order valence-electron chi connectivity index (χ1n) is 14.5. The molecule has 2 amide bonds. The number of anilines is 2. The second-order valence-corrected chi connectivity index (χ2v) is 10.9. The van der Waals surface area contributed by atoms with Crippen molar-refractivity contribution in [2.45, 2.75) is 64.9 Å². The third-order valence-corrected chi connectivity index (χ3v) is 7.88. The third-order valence-electron chi connectivity index (χ3n) is 7.88. The highest BCUT2D eigenvalue weighted by molar-refractivity contribution is 6.10. The van der Waals surface area contributed by atoms with E-state index in [1.165, 1.54) is 6.92 Å². The molecule has 1 fully saturated rings. The second-order valence-electron chi connectivity index (χ2n) is 10.9. The number of Topliss-reactive ketones (excluding diaryl/α,β-unsaturated/α-hetero) is 1. The number of hydrogen-bond acceptors (Lipinski definition) is 5. The Bertz CT molecular complexity index is 1400. The normalized spacial score (nSPS) is 22.2. The Morgan fingerprint density at radius 2 is 1.39 bits per heavy atom. The maximum absolute atomic E-state index is 14.1. The number of rotatable bonds is 10. The molecular weight excluding hydrogens is 516 g/mol. The van der Waals surface area contributed by atoms with E-state index in [0.717, 1.165) is 17.5 Å². The molecule has 0 bridgehead atoms. The van der Waals surface area contributed by atoms with E-state index < -0.39 is 41.0 Å². The summed E-state index contributed by atoms with van der Waals surface area (Å²) < 4.78 is 6.05. The highest BCUT2D eigenvalue weighted by atomic mass is 16.5. The van der Waals surface area contributed by atoms with Crippen molar-refractivity contribution in [2.24, 2.45) is 11.8 Å². The first kappa shape index (κ1) is 30.0. The molecule has 0 aliphatic heterocycles. The molecule has 1 saturated carbocycles. The van der Waals surface area contributed by atoms with Crippen LogP contribution in [-0.2, 0) is 27.2 Å². The fourth-order valence-corrected chi connectivity index (χ4v) is 5.89. The van der Waals surface area contributed by atoms with Gasteiger partial charge in [0, 0.05) is 23.7 Å². The van der Waals surface area contributed by atoms with Gasteiger partial charge in [0.1, 0.15) is 17.5 Å². The molecule has 3 aromatic carbocycles.